The molecule has 1 aliphatic heterocycles. The fourth-order valence-electron chi connectivity index (χ4n) is 3.06. The van der Waals surface area contributed by atoms with Crippen LogP contribution >= 0.6 is 33.9 Å². The number of carbonyl (C=O) groups excluding carboxylic acids is 1. The molecule has 0 fully saturated rings. The van der Waals surface area contributed by atoms with Gasteiger partial charge in [-0.15, -0.1) is 11.3 Å². The average molecular weight is 476 g/mol. The Morgan fingerprint density at radius 3 is 2.69 bits per heavy atom. The Balaban J connectivity index is 1.79. The summed E-state index contributed by atoms with van der Waals surface area (Å²) in [7, 11) is 0. The highest BCUT2D eigenvalue weighted by Crippen LogP contribution is 2.38. The van der Waals surface area contributed by atoms with Crippen molar-refractivity contribution >= 4 is 51.2 Å². The van der Waals surface area contributed by atoms with Gasteiger partial charge in [-0.3, -0.25) is 9.69 Å². The van der Waals surface area contributed by atoms with Crippen LogP contribution in [0.1, 0.15) is 28.3 Å². The van der Waals surface area contributed by atoms with Crippen molar-refractivity contribution in [1.29, 1.82) is 0 Å². The Morgan fingerprint density at radius 1 is 1.19 bits per heavy atom. The molecule has 1 N–H and O–H groups in total. The Morgan fingerprint density at radius 2 is 2.00 bits per heavy atom. The zero-order valence-electron chi connectivity index (χ0n) is 14.1. The van der Waals surface area contributed by atoms with Crippen molar-refractivity contribution in [3.05, 3.63) is 74.0 Å². The first-order valence-electron chi connectivity index (χ1n) is 8.33. The molecule has 4 rings (SSSR count). The van der Waals surface area contributed by atoms with E-state index in [1.807, 2.05) is 65.7 Å². The molecular formula is C20H17IN2O2S. The predicted molar refractivity (Wildman–Crippen MR) is 114 cm³/mol. The Kier molecular flexibility index (Phi) is 4.86. The van der Waals surface area contributed by atoms with Crippen LogP contribution < -0.4 is 15.0 Å². The molecular weight excluding hydrogens is 459 g/mol. The summed E-state index contributed by atoms with van der Waals surface area (Å²) in [5, 5.41) is 5.56. The van der Waals surface area contributed by atoms with Gasteiger partial charge in [0.1, 0.15) is 11.9 Å². The fraction of sp³-hybridized carbons (Fsp3) is 0.150. The largest absolute Gasteiger partial charge is 0.494 e. The molecule has 1 atom stereocenters. The number of carbonyl (C=O) groups is 1. The fourth-order valence-corrected chi connectivity index (χ4v) is 4.32. The maximum atomic E-state index is 13.3. The molecule has 0 saturated heterocycles. The predicted octanol–water partition coefficient (Wildman–Crippen LogP) is 5.52. The molecule has 2 aromatic carbocycles. The molecule has 0 radical (unpaired) electrons. The third kappa shape index (κ3) is 3.19. The van der Waals surface area contributed by atoms with Gasteiger partial charge in [-0.2, -0.15) is 0 Å². The van der Waals surface area contributed by atoms with E-state index in [9.17, 15) is 4.79 Å². The molecule has 2 heterocycles. The lowest BCUT2D eigenvalue weighted by molar-refractivity contribution is 0.0975. The van der Waals surface area contributed by atoms with Crippen molar-refractivity contribution in [2.45, 2.75) is 13.1 Å². The van der Waals surface area contributed by atoms with Gasteiger partial charge >= 0.3 is 0 Å². The van der Waals surface area contributed by atoms with Crippen LogP contribution in [0.2, 0.25) is 0 Å². The van der Waals surface area contributed by atoms with Gasteiger partial charge in [0.05, 0.1) is 12.2 Å². The quantitative estimate of drug-likeness (QED) is 0.504. The lowest BCUT2D eigenvalue weighted by Gasteiger charge is -2.37. The van der Waals surface area contributed by atoms with E-state index in [4.69, 9.17) is 4.74 Å². The number of halogens is 1. The number of amides is 1. The summed E-state index contributed by atoms with van der Waals surface area (Å²) in [6.45, 7) is 2.57. The lowest BCUT2D eigenvalue weighted by atomic mass is 10.1. The molecule has 0 spiro atoms. The molecule has 1 amide bonds. The van der Waals surface area contributed by atoms with Crippen LogP contribution in [0.4, 0.5) is 11.4 Å². The summed E-state index contributed by atoms with van der Waals surface area (Å²) in [5.74, 6) is 0.802. The van der Waals surface area contributed by atoms with Crippen LogP contribution in [0.3, 0.4) is 0 Å². The molecule has 1 aliphatic rings. The number of rotatable bonds is 4. The van der Waals surface area contributed by atoms with Gasteiger partial charge in [0.25, 0.3) is 5.91 Å². The summed E-state index contributed by atoms with van der Waals surface area (Å²) in [4.78, 5) is 16.3. The molecule has 3 aromatic rings. The summed E-state index contributed by atoms with van der Waals surface area (Å²) >= 11 is 3.87. The van der Waals surface area contributed by atoms with Crippen molar-refractivity contribution < 1.29 is 9.53 Å². The Labute approximate surface area is 169 Å². The van der Waals surface area contributed by atoms with Crippen molar-refractivity contribution in [1.82, 2.24) is 0 Å². The number of nitrogens with zero attached hydrogens (tertiary/aromatic N) is 1. The highest BCUT2D eigenvalue weighted by Gasteiger charge is 2.34. The highest BCUT2D eigenvalue weighted by molar-refractivity contribution is 14.1. The number of anilines is 2. The van der Waals surface area contributed by atoms with Crippen molar-refractivity contribution in [2.24, 2.45) is 0 Å². The van der Waals surface area contributed by atoms with Crippen LogP contribution in [0, 0.1) is 3.57 Å². The summed E-state index contributed by atoms with van der Waals surface area (Å²) in [6, 6.07) is 17.7. The van der Waals surface area contributed by atoms with E-state index in [0.29, 0.717) is 12.2 Å². The van der Waals surface area contributed by atoms with Crippen LogP contribution in [0.15, 0.2) is 60.0 Å². The van der Waals surface area contributed by atoms with Gasteiger partial charge in [0.15, 0.2) is 0 Å². The maximum Gasteiger partial charge on any atom is 0.262 e. The maximum absolute atomic E-state index is 13.3. The number of ether oxygens (including phenoxy) is 1. The molecule has 6 heteroatoms. The van der Waals surface area contributed by atoms with Gasteiger partial charge in [0, 0.05) is 19.8 Å². The number of benzene rings is 2. The molecule has 132 valence electrons. The van der Waals surface area contributed by atoms with Crippen LogP contribution in [0.5, 0.6) is 5.75 Å². The second-order valence-corrected chi connectivity index (χ2v) is 8.08. The molecule has 0 unspecified atom stereocenters. The molecule has 0 saturated carbocycles. The highest BCUT2D eigenvalue weighted by atomic mass is 127. The van der Waals surface area contributed by atoms with Gasteiger partial charge in [-0.1, -0.05) is 6.07 Å². The van der Waals surface area contributed by atoms with E-state index in [1.165, 1.54) is 0 Å². The number of nitrogens with one attached hydrogen (secondary N) is 1. The number of hydrogen-bond donors (Lipinski definition) is 1. The van der Waals surface area contributed by atoms with Crippen LogP contribution in [0.25, 0.3) is 0 Å². The number of thiophene rings is 1. The number of hydrogen-bond acceptors (Lipinski definition) is 4. The van der Waals surface area contributed by atoms with Gasteiger partial charge < -0.3 is 10.1 Å². The molecule has 26 heavy (non-hydrogen) atoms. The minimum absolute atomic E-state index is 0.000161. The zero-order chi connectivity index (χ0) is 18.1. The second-order valence-electron chi connectivity index (χ2n) is 5.85. The first-order chi connectivity index (χ1) is 12.7. The normalized spacial score (nSPS) is 16.2. The second kappa shape index (κ2) is 7.28. The first kappa shape index (κ1) is 17.4. The third-order valence-electron chi connectivity index (χ3n) is 4.22. The summed E-state index contributed by atoms with van der Waals surface area (Å²) < 4.78 is 6.57. The zero-order valence-corrected chi connectivity index (χ0v) is 17.1. The SMILES string of the molecule is CCOc1ccc(N2C(=O)c3cc(I)ccc3N[C@H]2c2cccs2)cc1. The first-order valence-corrected chi connectivity index (χ1v) is 10.3. The topological polar surface area (TPSA) is 41.6 Å². The standard InChI is InChI=1S/C20H17IN2O2S/c1-2-25-15-8-6-14(7-9-15)23-19(18-4-3-11-26-18)22-17-10-5-13(21)12-16(17)20(23)24/h3-12,19,22H,2H2,1H3/t19-/m1/s1. The van der Waals surface area contributed by atoms with Crippen molar-refractivity contribution in [3.8, 4) is 5.75 Å². The van der Waals surface area contributed by atoms with Crippen molar-refractivity contribution in [2.75, 3.05) is 16.8 Å². The monoisotopic (exact) mass is 476 g/mol. The lowest BCUT2D eigenvalue weighted by Crippen LogP contribution is -2.42. The van der Waals surface area contributed by atoms with E-state index in [0.717, 1.165) is 25.6 Å². The van der Waals surface area contributed by atoms with Gasteiger partial charge in [0.2, 0.25) is 0 Å². The molecule has 0 bridgehead atoms. The third-order valence-corrected chi connectivity index (χ3v) is 5.82. The van der Waals surface area contributed by atoms with E-state index < -0.39 is 0 Å². The van der Waals surface area contributed by atoms with Gasteiger partial charge in [-0.25, -0.2) is 0 Å². The summed E-state index contributed by atoms with van der Waals surface area (Å²) in [6.07, 6.45) is -0.229. The van der Waals surface area contributed by atoms with Crippen LogP contribution in [-0.2, 0) is 0 Å². The average Bonchev–Trinajstić information content (AvgIpc) is 3.18. The van der Waals surface area contributed by atoms with E-state index >= 15 is 0 Å². The van der Waals surface area contributed by atoms with Crippen LogP contribution in [-0.4, -0.2) is 12.5 Å². The van der Waals surface area contributed by atoms with E-state index in [-0.39, 0.29) is 12.1 Å². The molecule has 4 nitrogen and oxygen atoms in total. The number of fused-ring (bicyclic) bond motifs is 1. The summed E-state index contributed by atoms with van der Waals surface area (Å²) in [5.41, 5.74) is 2.41. The van der Waals surface area contributed by atoms with E-state index in [1.54, 1.807) is 11.3 Å². The molecule has 0 aliphatic carbocycles. The van der Waals surface area contributed by atoms with Gasteiger partial charge in [-0.05, 0) is 83.4 Å². The van der Waals surface area contributed by atoms with E-state index in [2.05, 4.69) is 34.0 Å². The minimum atomic E-state index is -0.229. The minimum Gasteiger partial charge on any atom is -0.494 e. The van der Waals surface area contributed by atoms with Crippen molar-refractivity contribution in [3.63, 3.8) is 0 Å². The smallest absolute Gasteiger partial charge is 0.262 e. The Bertz CT molecular complexity index is 925. The molecule has 1 aromatic heterocycles. The Hall–Kier alpha value is -2.06.